The van der Waals surface area contributed by atoms with E-state index < -0.39 is 31.0 Å². The zero-order chi connectivity index (χ0) is 30.8. The van der Waals surface area contributed by atoms with Crippen LogP contribution >= 0.6 is 0 Å². The van der Waals surface area contributed by atoms with E-state index in [2.05, 4.69) is 17.6 Å². The molecule has 0 spiro atoms. The summed E-state index contributed by atoms with van der Waals surface area (Å²) in [6, 6.07) is 12.0. The van der Waals surface area contributed by atoms with E-state index in [-0.39, 0.29) is 29.4 Å². The zero-order valence-electron chi connectivity index (χ0n) is 23.9. The molecule has 1 aliphatic heterocycles. The molecule has 0 fully saturated rings. The van der Waals surface area contributed by atoms with Gasteiger partial charge in [-0.15, -0.1) is 0 Å². The van der Waals surface area contributed by atoms with Gasteiger partial charge in [0.2, 0.25) is 0 Å². The van der Waals surface area contributed by atoms with Gasteiger partial charge in [0, 0.05) is 36.9 Å². The zero-order valence-corrected chi connectivity index (χ0v) is 23.9. The van der Waals surface area contributed by atoms with Gasteiger partial charge in [-0.1, -0.05) is 63.6 Å². The summed E-state index contributed by atoms with van der Waals surface area (Å²) < 4.78 is 68.2. The Morgan fingerprint density at radius 2 is 1.43 bits per heavy atom. The minimum absolute atomic E-state index is 0.170. The number of fused-ring (bicyclic) bond motifs is 1. The molecule has 2 aromatic carbocycles. The first-order chi connectivity index (χ1) is 19.8. The number of carbonyl (C=O) groups excluding carboxylic acids is 1. The standard InChI is InChI=1S/C31H41F5N2O4/c1-29(22-11-13-23(39)14-12-22)21-42-27-20-24(40)15-16-25(27)26(29)10-7-5-3-2-4-6-8-18-37-28(41)38-19-9-17-30(32,33)31(34,35)36/h11-16,20,26,39-40H,2-10,17-19,21H2,1H3,(H2,37,38,41)/t26-,29+/m1/s1. The molecule has 2 amide bonds. The molecule has 4 N–H and O–H groups in total. The Balaban J connectivity index is 1.32. The number of unbranched alkanes of at least 4 members (excludes halogenated alkanes) is 6. The Labute approximate surface area is 243 Å². The van der Waals surface area contributed by atoms with Crippen molar-refractivity contribution in [1.29, 1.82) is 0 Å². The van der Waals surface area contributed by atoms with E-state index in [1.807, 2.05) is 18.2 Å². The van der Waals surface area contributed by atoms with E-state index in [1.165, 1.54) is 0 Å². The fraction of sp³-hybridized carbons (Fsp3) is 0.581. The maximum absolute atomic E-state index is 12.9. The quantitative estimate of drug-likeness (QED) is 0.123. The molecule has 0 unspecified atom stereocenters. The van der Waals surface area contributed by atoms with Crippen LogP contribution in [0.2, 0.25) is 0 Å². The maximum Gasteiger partial charge on any atom is 0.453 e. The topological polar surface area (TPSA) is 90.8 Å². The van der Waals surface area contributed by atoms with Gasteiger partial charge in [-0.2, -0.15) is 22.0 Å². The Kier molecular flexibility index (Phi) is 11.7. The van der Waals surface area contributed by atoms with Crippen LogP contribution in [0.15, 0.2) is 42.5 Å². The SMILES string of the molecule is C[C@@]1(c2ccc(O)cc2)COc2cc(O)ccc2[C@H]1CCCCCCCCCNC(=O)NCCCC(F)(F)C(F)(F)F. The number of urea groups is 1. The first kappa shape index (κ1) is 33.3. The highest BCUT2D eigenvalue weighted by Crippen LogP contribution is 2.49. The third kappa shape index (κ3) is 9.13. The molecule has 0 aromatic heterocycles. The van der Waals surface area contributed by atoms with Gasteiger partial charge in [-0.25, -0.2) is 4.79 Å². The molecule has 11 heteroatoms. The third-order valence-electron chi connectivity index (χ3n) is 8.02. The molecular weight excluding hydrogens is 559 g/mol. The summed E-state index contributed by atoms with van der Waals surface area (Å²) in [6.45, 7) is 2.80. The predicted octanol–water partition coefficient (Wildman–Crippen LogP) is 7.93. The number of benzene rings is 2. The molecule has 2 atom stereocenters. The first-order valence-corrected chi connectivity index (χ1v) is 14.5. The highest BCUT2D eigenvalue weighted by Gasteiger charge is 2.56. The summed E-state index contributed by atoms with van der Waals surface area (Å²) in [4.78, 5) is 11.7. The number of alkyl halides is 5. The van der Waals surface area contributed by atoms with E-state index in [0.717, 1.165) is 62.5 Å². The van der Waals surface area contributed by atoms with Crippen molar-refractivity contribution in [1.82, 2.24) is 10.6 Å². The number of ether oxygens (including phenoxy) is 1. The molecule has 234 valence electrons. The molecule has 1 aliphatic rings. The first-order valence-electron chi connectivity index (χ1n) is 14.5. The molecule has 2 aromatic rings. The summed E-state index contributed by atoms with van der Waals surface area (Å²) in [5, 5.41) is 24.6. The number of hydrogen-bond donors (Lipinski definition) is 4. The predicted molar refractivity (Wildman–Crippen MR) is 150 cm³/mol. The van der Waals surface area contributed by atoms with E-state index >= 15 is 0 Å². The van der Waals surface area contributed by atoms with Crippen molar-refractivity contribution in [3.05, 3.63) is 53.6 Å². The molecule has 3 rings (SSSR count). The minimum atomic E-state index is -5.58. The Bertz CT molecular complexity index is 1140. The molecular formula is C31H41F5N2O4. The second-order valence-electron chi connectivity index (χ2n) is 11.3. The number of amides is 2. The summed E-state index contributed by atoms with van der Waals surface area (Å²) >= 11 is 0. The third-order valence-corrected chi connectivity index (χ3v) is 8.02. The summed E-state index contributed by atoms with van der Waals surface area (Å²) in [6.07, 6.45) is 0.400. The molecule has 0 aliphatic carbocycles. The number of hydrogen-bond acceptors (Lipinski definition) is 4. The number of phenols is 2. The van der Waals surface area contributed by atoms with E-state index in [1.54, 1.807) is 24.3 Å². The highest BCUT2D eigenvalue weighted by atomic mass is 19.4. The average Bonchev–Trinajstić information content (AvgIpc) is 2.93. The van der Waals surface area contributed by atoms with Crippen molar-refractivity contribution in [2.24, 2.45) is 0 Å². The number of rotatable bonds is 15. The van der Waals surface area contributed by atoms with Crippen LogP contribution in [-0.4, -0.2) is 48.0 Å². The highest BCUT2D eigenvalue weighted by molar-refractivity contribution is 5.73. The van der Waals surface area contributed by atoms with Crippen molar-refractivity contribution in [2.75, 3.05) is 19.7 Å². The number of halogens is 5. The number of carbonyl (C=O) groups is 1. The van der Waals surface area contributed by atoms with Gasteiger partial charge in [-0.3, -0.25) is 0 Å². The van der Waals surface area contributed by atoms with Gasteiger partial charge in [0.25, 0.3) is 0 Å². The molecule has 0 radical (unpaired) electrons. The lowest BCUT2D eigenvalue weighted by Gasteiger charge is -2.43. The van der Waals surface area contributed by atoms with Crippen LogP contribution in [0, 0.1) is 0 Å². The van der Waals surface area contributed by atoms with Crippen LogP contribution in [0.4, 0.5) is 26.7 Å². The van der Waals surface area contributed by atoms with E-state index in [4.69, 9.17) is 4.74 Å². The minimum Gasteiger partial charge on any atom is -0.508 e. The maximum atomic E-state index is 12.9. The second-order valence-corrected chi connectivity index (χ2v) is 11.3. The largest absolute Gasteiger partial charge is 0.508 e. The van der Waals surface area contributed by atoms with Crippen LogP contribution < -0.4 is 15.4 Å². The molecule has 0 bridgehead atoms. The van der Waals surface area contributed by atoms with Crippen LogP contribution in [0.5, 0.6) is 17.2 Å². The van der Waals surface area contributed by atoms with Gasteiger partial charge < -0.3 is 25.6 Å². The van der Waals surface area contributed by atoms with Crippen molar-refractivity contribution in [3.8, 4) is 17.2 Å². The smallest absolute Gasteiger partial charge is 0.453 e. The van der Waals surface area contributed by atoms with Gasteiger partial charge in [0.15, 0.2) is 0 Å². The fourth-order valence-electron chi connectivity index (χ4n) is 5.48. The van der Waals surface area contributed by atoms with Gasteiger partial charge >= 0.3 is 18.1 Å². The van der Waals surface area contributed by atoms with Crippen LogP contribution in [0.3, 0.4) is 0 Å². The molecule has 0 saturated heterocycles. The lowest BCUT2D eigenvalue weighted by molar-refractivity contribution is -0.284. The Morgan fingerprint density at radius 1 is 0.857 bits per heavy atom. The fourth-order valence-corrected chi connectivity index (χ4v) is 5.48. The van der Waals surface area contributed by atoms with Crippen molar-refractivity contribution < 1.29 is 41.7 Å². The Morgan fingerprint density at radius 3 is 2.07 bits per heavy atom. The van der Waals surface area contributed by atoms with E-state index in [0.29, 0.717) is 18.9 Å². The van der Waals surface area contributed by atoms with Crippen molar-refractivity contribution in [3.63, 3.8) is 0 Å². The van der Waals surface area contributed by atoms with Gasteiger partial charge in [-0.05, 0) is 48.6 Å². The van der Waals surface area contributed by atoms with Crippen molar-refractivity contribution >= 4 is 6.03 Å². The average molecular weight is 601 g/mol. The van der Waals surface area contributed by atoms with Gasteiger partial charge in [0.1, 0.15) is 17.2 Å². The lowest BCUT2D eigenvalue weighted by Crippen LogP contribution is -2.40. The molecule has 42 heavy (non-hydrogen) atoms. The lowest BCUT2D eigenvalue weighted by atomic mass is 9.66. The normalized spacial score (nSPS) is 18.7. The number of nitrogens with one attached hydrogen (secondary N) is 2. The van der Waals surface area contributed by atoms with Crippen LogP contribution in [0.1, 0.15) is 88.2 Å². The van der Waals surface area contributed by atoms with Crippen LogP contribution in [-0.2, 0) is 5.41 Å². The second kappa shape index (κ2) is 14.8. The summed E-state index contributed by atoms with van der Waals surface area (Å²) in [5.74, 6) is -3.47. The number of phenolic OH excluding ortho intramolecular Hbond substituents is 2. The van der Waals surface area contributed by atoms with Gasteiger partial charge in [0.05, 0.1) is 6.61 Å². The summed E-state index contributed by atoms with van der Waals surface area (Å²) in [7, 11) is 0. The van der Waals surface area contributed by atoms with Crippen molar-refractivity contribution in [2.45, 2.75) is 94.6 Å². The summed E-state index contributed by atoms with van der Waals surface area (Å²) in [5.41, 5.74) is 1.88. The molecule has 0 saturated carbocycles. The Hall–Kier alpha value is -3.24. The number of aromatic hydroxyl groups is 2. The van der Waals surface area contributed by atoms with E-state index in [9.17, 15) is 37.0 Å². The monoisotopic (exact) mass is 600 g/mol. The molecule has 1 heterocycles. The van der Waals surface area contributed by atoms with Crippen LogP contribution in [0.25, 0.3) is 0 Å². The molecule has 6 nitrogen and oxygen atoms in total.